The molecule has 0 spiro atoms. The third-order valence-corrected chi connectivity index (χ3v) is 4.68. The number of hydrogen-bond donors (Lipinski definition) is 0. The van der Waals surface area contributed by atoms with Crippen molar-refractivity contribution in [3.05, 3.63) is 95.1 Å². The average molecular weight is 312 g/mol. The molecule has 0 heterocycles. The van der Waals surface area contributed by atoms with E-state index in [2.05, 4.69) is 100 Å². The third kappa shape index (κ3) is 3.33. The van der Waals surface area contributed by atoms with Gasteiger partial charge in [0.2, 0.25) is 0 Å². The number of aryl methyl sites for hydroxylation is 4. The van der Waals surface area contributed by atoms with Crippen molar-refractivity contribution in [1.29, 1.82) is 0 Å². The Morgan fingerprint density at radius 2 is 1.12 bits per heavy atom. The molecule has 0 saturated carbocycles. The van der Waals surface area contributed by atoms with Gasteiger partial charge in [-0.3, -0.25) is 0 Å². The smallest absolute Gasteiger partial charge is 0.0152 e. The molecule has 0 saturated heterocycles. The standard InChI is InChI=1S/2C12H12/c1-9-7-10(2)12-6-4-3-5-11(12)8-9;1-9-7-8-11-5-3-4-6-12(11)10(9)2/h2*3-8H,1-2H3. The molecule has 0 heteroatoms. The Kier molecular flexibility index (Phi) is 4.66. The highest BCUT2D eigenvalue weighted by molar-refractivity contribution is 5.87. The first-order chi connectivity index (χ1) is 11.6. The van der Waals surface area contributed by atoms with Crippen LogP contribution in [0.15, 0.2) is 72.8 Å². The Morgan fingerprint density at radius 3 is 1.88 bits per heavy atom. The Hall–Kier alpha value is -2.60. The summed E-state index contributed by atoms with van der Waals surface area (Å²) in [6.07, 6.45) is 0. The van der Waals surface area contributed by atoms with Crippen LogP contribution in [-0.4, -0.2) is 0 Å². The molecule has 120 valence electrons. The lowest BCUT2D eigenvalue weighted by Crippen LogP contribution is -1.82. The van der Waals surface area contributed by atoms with Gasteiger partial charge in [-0.1, -0.05) is 78.4 Å². The van der Waals surface area contributed by atoms with Gasteiger partial charge in [0.1, 0.15) is 0 Å². The summed E-state index contributed by atoms with van der Waals surface area (Å²) in [6, 6.07) is 25.8. The molecular formula is C24H24. The monoisotopic (exact) mass is 312 g/mol. The second kappa shape index (κ2) is 6.88. The number of fused-ring (bicyclic) bond motifs is 2. The maximum atomic E-state index is 2.22. The number of benzene rings is 4. The molecule has 0 aliphatic rings. The van der Waals surface area contributed by atoms with Gasteiger partial charge in [-0.05, 0) is 65.9 Å². The summed E-state index contributed by atoms with van der Waals surface area (Å²) in [5, 5.41) is 5.41. The van der Waals surface area contributed by atoms with Crippen molar-refractivity contribution in [2.75, 3.05) is 0 Å². The zero-order valence-electron chi connectivity index (χ0n) is 14.9. The van der Waals surface area contributed by atoms with Crippen molar-refractivity contribution in [2.45, 2.75) is 27.7 Å². The molecule has 0 aromatic heterocycles. The predicted molar refractivity (Wildman–Crippen MR) is 107 cm³/mol. The molecule has 4 aromatic rings. The van der Waals surface area contributed by atoms with Crippen LogP contribution in [0.3, 0.4) is 0 Å². The largest absolute Gasteiger partial charge is 0.0616 e. The van der Waals surface area contributed by atoms with Crippen LogP contribution in [0.2, 0.25) is 0 Å². The van der Waals surface area contributed by atoms with Crippen molar-refractivity contribution < 1.29 is 0 Å². The minimum absolute atomic E-state index is 1.33. The maximum absolute atomic E-state index is 2.22. The highest BCUT2D eigenvalue weighted by atomic mass is 14.0. The quantitative estimate of drug-likeness (QED) is 0.331. The Balaban J connectivity index is 0.000000141. The van der Waals surface area contributed by atoms with E-state index in [-0.39, 0.29) is 0 Å². The predicted octanol–water partition coefficient (Wildman–Crippen LogP) is 6.91. The van der Waals surface area contributed by atoms with E-state index in [1.165, 1.54) is 43.8 Å². The Bertz CT molecular complexity index is 993. The normalized spacial score (nSPS) is 10.5. The molecule has 0 unspecified atom stereocenters. The summed E-state index contributed by atoms with van der Waals surface area (Å²) < 4.78 is 0. The zero-order valence-corrected chi connectivity index (χ0v) is 14.9. The molecule has 0 nitrogen and oxygen atoms in total. The second-order valence-corrected chi connectivity index (χ2v) is 6.53. The molecule has 0 N–H and O–H groups in total. The topological polar surface area (TPSA) is 0 Å². The van der Waals surface area contributed by atoms with Crippen LogP contribution in [0.1, 0.15) is 22.3 Å². The van der Waals surface area contributed by atoms with E-state index >= 15 is 0 Å². The highest BCUT2D eigenvalue weighted by Gasteiger charge is 1.97. The van der Waals surface area contributed by atoms with Crippen molar-refractivity contribution in [2.24, 2.45) is 0 Å². The van der Waals surface area contributed by atoms with E-state index in [9.17, 15) is 0 Å². The van der Waals surface area contributed by atoms with Crippen LogP contribution in [0.25, 0.3) is 21.5 Å². The van der Waals surface area contributed by atoms with E-state index in [1.54, 1.807) is 0 Å². The van der Waals surface area contributed by atoms with Crippen molar-refractivity contribution in [3.63, 3.8) is 0 Å². The van der Waals surface area contributed by atoms with Gasteiger partial charge in [0.15, 0.2) is 0 Å². The van der Waals surface area contributed by atoms with Gasteiger partial charge >= 0.3 is 0 Å². The molecular weight excluding hydrogens is 288 g/mol. The van der Waals surface area contributed by atoms with Crippen molar-refractivity contribution in [3.8, 4) is 0 Å². The summed E-state index contributed by atoms with van der Waals surface area (Å²) in [5.74, 6) is 0. The van der Waals surface area contributed by atoms with Crippen molar-refractivity contribution >= 4 is 21.5 Å². The first-order valence-electron chi connectivity index (χ1n) is 8.47. The summed E-state index contributed by atoms with van der Waals surface area (Å²) >= 11 is 0. The van der Waals surface area contributed by atoms with Gasteiger partial charge < -0.3 is 0 Å². The van der Waals surface area contributed by atoms with Crippen LogP contribution in [0.5, 0.6) is 0 Å². The minimum atomic E-state index is 1.33. The SMILES string of the molecule is Cc1cc(C)c2ccccc2c1.Cc1ccc2ccccc2c1C. The molecule has 0 fully saturated rings. The van der Waals surface area contributed by atoms with E-state index in [4.69, 9.17) is 0 Å². The van der Waals surface area contributed by atoms with Crippen LogP contribution in [-0.2, 0) is 0 Å². The number of rotatable bonds is 0. The molecule has 0 radical (unpaired) electrons. The molecule has 4 rings (SSSR count). The third-order valence-electron chi connectivity index (χ3n) is 4.68. The van der Waals surface area contributed by atoms with E-state index in [0.717, 1.165) is 0 Å². The fraction of sp³-hybridized carbons (Fsp3) is 0.167. The summed E-state index contributed by atoms with van der Waals surface area (Å²) in [6.45, 7) is 8.63. The number of hydrogen-bond acceptors (Lipinski definition) is 0. The van der Waals surface area contributed by atoms with Crippen LogP contribution in [0.4, 0.5) is 0 Å². The molecule has 0 aliphatic carbocycles. The molecule has 0 aliphatic heterocycles. The van der Waals surface area contributed by atoms with Gasteiger partial charge in [-0.15, -0.1) is 0 Å². The summed E-state index contributed by atoms with van der Waals surface area (Å²) in [4.78, 5) is 0. The molecule has 0 atom stereocenters. The van der Waals surface area contributed by atoms with Gasteiger partial charge in [0, 0.05) is 0 Å². The lowest BCUT2D eigenvalue weighted by Gasteiger charge is -2.04. The molecule has 4 aromatic carbocycles. The summed E-state index contributed by atoms with van der Waals surface area (Å²) in [7, 11) is 0. The minimum Gasteiger partial charge on any atom is -0.0616 e. The van der Waals surface area contributed by atoms with Crippen LogP contribution in [0, 0.1) is 27.7 Å². The fourth-order valence-corrected chi connectivity index (χ4v) is 3.22. The first kappa shape index (κ1) is 16.3. The second-order valence-electron chi connectivity index (χ2n) is 6.53. The summed E-state index contributed by atoms with van der Waals surface area (Å²) in [5.41, 5.74) is 5.47. The zero-order chi connectivity index (χ0) is 17.1. The molecule has 0 bridgehead atoms. The van der Waals surface area contributed by atoms with Gasteiger partial charge in [-0.25, -0.2) is 0 Å². The van der Waals surface area contributed by atoms with Crippen LogP contribution < -0.4 is 0 Å². The van der Waals surface area contributed by atoms with E-state index < -0.39 is 0 Å². The Morgan fingerprint density at radius 1 is 0.500 bits per heavy atom. The lowest BCUT2D eigenvalue weighted by molar-refractivity contribution is 1.38. The van der Waals surface area contributed by atoms with Gasteiger partial charge in [-0.2, -0.15) is 0 Å². The van der Waals surface area contributed by atoms with E-state index in [0.29, 0.717) is 0 Å². The first-order valence-corrected chi connectivity index (χ1v) is 8.47. The molecule has 0 amide bonds. The average Bonchev–Trinajstić information content (AvgIpc) is 2.59. The highest BCUT2D eigenvalue weighted by Crippen LogP contribution is 2.21. The maximum Gasteiger partial charge on any atom is -0.0152 e. The van der Waals surface area contributed by atoms with Crippen molar-refractivity contribution in [1.82, 2.24) is 0 Å². The fourth-order valence-electron chi connectivity index (χ4n) is 3.22. The van der Waals surface area contributed by atoms with Crippen LogP contribution >= 0.6 is 0 Å². The Labute approximate surface area is 144 Å². The lowest BCUT2D eigenvalue weighted by atomic mass is 10.0. The van der Waals surface area contributed by atoms with Gasteiger partial charge in [0.05, 0.1) is 0 Å². The molecule has 24 heavy (non-hydrogen) atoms. The van der Waals surface area contributed by atoms with E-state index in [1.807, 2.05) is 0 Å². The van der Waals surface area contributed by atoms with Gasteiger partial charge in [0.25, 0.3) is 0 Å².